The number of amides is 2. The predicted molar refractivity (Wildman–Crippen MR) is 82.2 cm³/mol. The number of β-amino-alcohol motifs (C(OH)–C–C–N with tert-alkyl or cyclic N) is 1. The maximum atomic E-state index is 12.4. The smallest absolute Gasteiger partial charge is 0.242 e. The van der Waals surface area contributed by atoms with E-state index in [2.05, 4.69) is 9.97 Å². The molecule has 0 bridgehead atoms. The summed E-state index contributed by atoms with van der Waals surface area (Å²) in [5, 5.41) is 10.2. The Labute approximate surface area is 135 Å². The molecule has 124 valence electrons. The van der Waals surface area contributed by atoms with Crippen molar-refractivity contribution in [1.82, 2.24) is 19.8 Å². The number of rotatable bonds is 4. The molecule has 1 N–H and O–H groups in total. The minimum Gasteiger partial charge on any atom is -0.391 e. The molecule has 2 saturated heterocycles. The number of carbonyl (C=O) groups excluding carboxylic acids is 2. The van der Waals surface area contributed by atoms with Gasteiger partial charge in [-0.05, 0) is 19.3 Å². The Hall–Kier alpha value is -2.02. The summed E-state index contributed by atoms with van der Waals surface area (Å²) in [4.78, 5) is 35.7. The minimum absolute atomic E-state index is 0.0345. The highest BCUT2D eigenvalue weighted by Gasteiger charge is 2.35. The lowest BCUT2D eigenvalue weighted by molar-refractivity contribution is -0.141. The second-order valence-corrected chi connectivity index (χ2v) is 6.30. The largest absolute Gasteiger partial charge is 0.391 e. The van der Waals surface area contributed by atoms with Gasteiger partial charge in [0.1, 0.15) is 0 Å². The Bertz CT molecular complexity index is 566. The van der Waals surface area contributed by atoms with Crippen molar-refractivity contribution in [2.24, 2.45) is 5.92 Å². The molecular formula is C16H22N4O3. The summed E-state index contributed by atoms with van der Waals surface area (Å²) in [5.41, 5.74) is 0.817. The summed E-state index contributed by atoms with van der Waals surface area (Å²) in [5.74, 6) is -0.0610. The fourth-order valence-electron chi connectivity index (χ4n) is 3.25. The van der Waals surface area contributed by atoms with E-state index in [4.69, 9.17) is 0 Å². The average molecular weight is 318 g/mol. The highest BCUT2D eigenvalue weighted by atomic mass is 16.3. The maximum absolute atomic E-state index is 12.4. The van der Waals surface area contributed by atoms with Crippen LogP contribution in [0.25, 0.3) is 0 Å². The van der Waals surface area contributed by atoms with Gasteiger partial charge >= 0.3 is 0 Å². The summed E-state index contributed by atoms with van der Waals surface area (Å²) in [7, 11) is 0. The molecule has 23 heavy (non-hydrogen) atoms. The third-order valence-corrected chi connectivity index (χ3v) is 4.59. The molecular weight excluding hydrogens is 296 g/mol. The minimum atomic E-state index is -0.557. The van der Waals surface area contributed by atoms with Crippen LogP contribution >= 0.6 is 0 Å². The van der Waals surface area contributed by atoms with Crippen LogP contribution in [0.1, 0.15) is 25.0 Å². The van der Waals surface area contributed by atoms with E-state index < -0.39 is 6.10 Å². The van der Waals surface area contributed by atoms with Gasteiger partial charge < -0.3 is 14.9 Å². The van der Waals surface area contributed by atoms with Crippen molar-refractivity contribution in [2.75, 3.05) is 26.2 Å². The second kappa shape index (κ2) is 7.04. The van der Waals surface area contributed by atoms with Crippen molar-refractivity contribution < 1.29 is 14.7 Å². The van der Waals surface area contributed by atoms with Gasteiger partial charge in [-0.25, -0.2) is 0 Å². The Balaban J connectivity index is 1.55. The maximum Gasteiger partial charge on any atom is 0.242 e. The van der Waals surface area contributed by atoms with Crippen molar-refractivity contribution in [1.29, 1.82) is 0 Å². The van der Waals surface area contributed by atoms with Gasteiger partial charge in [-0.3, -0.25) is 19.6 Å². The monoisotopic (exact) mass is 318 g/mol. The van der Waals surface area contributed by atoms with E-state index in [1.807, 2.05) is 0 Å². The van der Waals surface area contributed by atoms with Gasteiger partial charge in [0.05, 0.1) is 18.3 Å². The zero-order chi connectivity index (χ0) is 16.2. The summed E-state index contributed by atoms with van der Waals surface area (Å²) < 4.78 is 0. The van der Waals surface area contributed by atoms with Crippen molar-refractivity contribution in [3.05, 3.63) is 24.3 Å². The van der Waals surface area contributed by atoms with Crippen LogP contribution in [0.5, 0.6) is 0 Å². The molecule has 0 radical (unpaired) electrons. The zero-order valence-electron chi connectivity index (χ0n) is 13.1. The first-order chi connectivity index (χ1) is 11.1. The topological polar surface area (TPSA) is 86.6 Å². The van der Waals surface area contributed by atoms with E-state index in [0.717, 1.165) is 18.5 Å². The molecule has 7 nitrogen and oxygen atoms in total. The Kier molecular flexibility index (Phi) is 4.85. The summed E-state index contributed by atoms with van der Waals surface area (Å²) >= 11 is 0. The molecule has 3 rings (SSSR count). The lowest BCUT2D eigenvalue weighted by Crippen LogP contribution is -2.44. The van der Waals surface area contributed by atoms with Crippen LogP contribution in [0, 0.1) is 5.92 Å². The van der Waals surface area contributed by atoms with E-state index in [-0.39, 0.29) is 24.3 Å². The molecule has 0 unspecified atom stereocenters. The van der Waals surface area contributed by atoms with Crippen LogP contribution in [0.2, 0.25) is 0 Å². The van der Waals surface area contributed by atoms with E-state index >= 15 is 0 Å². The van der Waals surface area contributed by atoms with Gasteiger partial charge in [-0.2, -0.15) is 0 Å². The second-order valence-electron chi connectivity index (χ2n) is 6.30. The van der Waals surface area contributed by atoms with Crippen LogP contribution in [-0.2, 0) is 16.0 Å². The lowest BCUT2D eigenvalue weighted by atomic mass is 10.0. The molecule has 1 aromatic rings. The first-order valence-corrected chi connectivity index (χ1v) is 8.12. The van der Waals surface area contributed by atoms with Gasteiger partial charge in [0, 0.05) is 50.6 Å². The molecule has 0 saturated carbocycles. The third-order valence-electron chi connectivity index (χ3n) is 4.59. The number of hydrogen-bond acceptors (Lipinski definition) is 5. The molecule has 2 aliphatic heterocycles. The number of aromatic nitrogens is 2. The van der Waals surface area contributed by atoms with E-state index in [9.17, 15) is 14.7 Å². The van der Waals surface area contributed by atoms with Crippen LogP contribution in [0.15, 0.2) is 18.6 Å². The van der Waals surface area contributed by atoms with Crippen molar-refractivity contribution in [2.45, 2.75) is 31.8 Å². The van der Waals surface area contributed by atoms with Crippen LogP contribution in [-0.4, -0.2) is 69.0 Å². The molecule has 2 fully saturated rings. The van der Waals surface area contributed by atoms with E-state index in [1.54, 1.807) is 28.4 Å². The molecule has 0 aliphatic carbocycles. The lowest BCUT2D eigenvalue weighted by Gasteiger charge is -2.28. The van der Waals surface area contributed by atoms with E-state index in [1.165, 1.54) is 0 Å². The number of carbonyl (C=O) groups is 2. The van der Waals surface area contributed by atoms with Crippen molar-refractivity contribution in [3.8, 4) is 0 Å². The fraction of sp³-hybridized carbons (Fsp3) is 0.625. The predicted octanol–water partition coefficient (Wildman–Crippen LogP) is -0.149. The first kappa shape index (κ1) is 15.9. The van der Waals surface area contributed by atoms with Gasteiger partial charge in [0.25, 0.3) is 0 Å². The van der Waals surface area contributed by atoms with Crippen LogP contribution in [0.4, 0.5) is 0 Å². The number of aliphatic hydroxyl groups is 1. The number of aliphatic hydroxyl groups excluding tert-OH is 1. The van der Waals surface area contributed by atoms with Gasteiger partial charge in [0.2, 0.25) is 11.8 Å². The number of piperidine rings is 1. The van der Waals surface area contributed by atoms with Gasteiger partial charge in [-0.1, -0.05) is 0 Å². The highest BCUT2D eigenvalue weighted by molar-refractivity contribution is 5.85. The van der Waals surface area contributed by atoms with Gasteiger partial charge in [-0.15, -0.1) is 0 Å². The standard InChI is InChI=1S/C16H22N4O3/c21-14-10-20(9-12(14)7-13-8-17-4-5-18-13)16(23)11-19-6-2-1-3-15(19)22/h4-5,8,12,14,21H,1-3,6-7,9-11H2/t12-,14-/m1/s1. The molecule has 2 aliphatic rings. The first-order valence-electron chi connectivity index (χ1n) is 8.12. The summed E-state index contributed by atoms with van der Waals surface area (Å²) in [6.07, 6.45) is 7.36. The fourth-order valence-corrected chi connectivity index (χ4v) is 3.25. The Morgan fingerprint density at radius 1 is 1.30 bits per heavy atom. The van der Waals surface area contributed by atoms with Crippen molar-refractivity contribution in [3.63, 3.8) is 0 Å². The normalized spacial score (nSPS) is 25.0. The van der Waals surface area contributed by atoms with Crippen molar-refractivity contribution >= 4 is 11.8 Å². The number of likely N-dealkylation sites (tertiary alicyclic amines) is 2. The molecule has 2 atom stereocenters. The molecule has 3 heterocycles. The van der Waals surface area contributed by atoms with Gasteiger partial charge in [0.15, 0.2) is 0 Å². The third kappa shape index (κ3) is 3.85. The molecule has 1 aromatic heterocycles. The Morgan fingerprint density at radius 2 is 2.17 bits per heavy atom. The molecule has 2 amide bonds. The quantitative estimate of drug-likeness (QED) is 0.834. The SMILES string of the molecule is O=C1CCCCN1CC(=O)N1C[C@@H](Cc2cnccn2)[C@H](O)C1. The highest BCUT2D eigenvalue weighted by Crippen LogP contribution is 2.21. The summed E-state index contributed by atoms with van der Waals surface area (Å²) in [6, 6.07) is 0. The van der Waals surface area contributed by atoms with Crippen LogP contribution < -0.4 is 0 Å². The van der Waals surface area contributed by atoms with Crippen LogP contribution in [0.3, 0.4) is 0 Å². The molecule has 0 aromatic carbocycles. The number of nitrogens with zero attached hydrogens (tertiary/aromatic N) is 4. The zero-order valence-corrected chi connectivity index (χ0v) is 13.1. The van der Waals surface area contributed by atoms with E-state index in [0.29, 0.717) is 32.5 Å². The molecule has 0 spiro atoms. The average Bonchev–Trinajstić information content (AvgIpc) is 2.92. The number of hydrogen-bond donors (Lipinski definition) is 1. The summed E-state index contributed by atoms with van der Waals surface area (Å²) in [6.45, 7) is 1.61. The molecule has 7 heteroatoms. The Morgan fingerprint density at radius 3 is 2.91 bits per heavy atom.